The molecule has 1 aliphatic rings. The number of nitrogens with zero attached hydrogens (tertiary/aromatic N) is 2. The van der Waals surface area contributed by atoms with Crippen LogP contribution >= 0.6 is 0 Å². The maximum Gasteiger partial charge on any atom is 0.274 e. The van der Waals surface area contributed by atoms with Gasteiger partial charge in [0.15, 0.2) is 0 Å². The quantitative estimate of drug-likeness (QED) is 0.924. The first kappa shape index (κ1) is 15.5. The molecule has 1 saturated heterocycles. The Kier molecular flexibility index (Phi) is 4.91. The molecular formula is C19H23N3O. The third-order valence-electron chi connectivity index (χ3n) is 4.44. The Morgan fingerprint density at radius 3 is 2.87 bits per heavy atom. The number of carbonyl (C=O) groups excluding carboxylic acids is 1. The van der Waals surface area contributed by atoms with Crippen molar-refractivity contribution in [3.05, 3.63) is 54.4 Å². The first-order valence-electron chi connectivity index (χ1n) is 8.37. The van der Waals surface area contributed by atoms with Crippen molar-refractivity contribution < 1.29 is 4.79 Å². The lowest BCUT2D eigenvalue weighted by Gasteiger charge is -2.37. The molecule has 1 unspecified atom stereocenters. The highest BCUT2D eigenvalue weighted by molar-refractivity contribution is 6.03. The summed E-state index contributed by atoms with van der Waals surface area (Å²) < 4.78 is 0. The number of piperidine rings is 1. The third-order valence-corrected chi connectivity index (χ3v) is 4.44. The van der Waals surface area contributed by atoms with Crippen molar-refractivity contribution in [3.63, 3.8) is 0 Å². The van der Waals surface area contributed by atoms with Gasteiger partial charge in [0.1, 0.15) is 5.69 Å². The molecule has 2 heterocycles. The lowest BCUT2D eigenvalue weighted by Crippen LogP contribution is -2.39. The van der Waals surface area contributed by atoms with Gasteiger partial charge in [-0.1, -0.05) is 25.1 Å². The molecular weight excluding hydrogens is 286 g/mol. The van der Waals surface area contributed by atoms with Gasteiger partial charge in [0.25, 0.3) is 5.91 Å². The Morgan fingerprint density at radius 1 is 1.26 bits per heavy atom. The number of hydrogen-bond donors (Lipinski definition) is 1. The minimum atomic E-state index is -0.164. The Morgan fingerprint density at radius 2 is 2.09 bits per heavy atom. The molecule has 1 fully saturated rings. The molecule has 1 aromatic carbocycles. The van der Waals surface area contributed by atoms with Crippen LogP contribution < -0.4 is 10.2 Å². The number of nitrogens with one attached hydrogen (secondary N) is 1. The summed E-state index contributed by atoms with van der Waals surface area (Å²) in [7, 11) is 0. The van der Waals surface area contributed by atoms with Crippen LogP contribution in [0.4, 0.5) is 11.4 Å². The fraction of sp³-hybridized carbons (Fsp3) is 0.368. The summed E-state index contributed by atoms with van der Waals surface area (Å²) in [4.78, 5) is 19.1. The van der Waals surface area contributed by atoms with Gasteiger partial charge in [-0.25, -0.2) is 0 Å². The number of amides is 1. The van der Waals surface area contributed by atoms with E-state index in [1.807, 2.05) is 42.5 Å². The minimum absolute atomic E-state index is 0.164. The Hall–Kier alpha value is -2.36. The van der Waals surface area contributed by atoms with Crippen LogP contribution in [0.5, 0.6) is 0 Å². The Labute approximate surface area is 137 Å². The van der Waals surface area contributed by atoms with Crippen molar-refractivity contribution >= 4 is 17.3 Å². The van der Waals surface area contributed by atoms with Crippen LogP contribution in [0.15, 0.2) is 48.7 Å². The van der Waals surface area contributed by atoms with Gasteiger partial charge >= 0.3 is 0 Å². The smallest absolute Gasteiger partial charge is 0.274 e. The van der Waals surface area contributed by atoms with E-state index >= 15 is 0 Å². The summed E-state index contributed by atoms with van der Waals surface area (Å²) in [5.41, 5.74) is 2.35. The summed E-state index contributed by atoms with van der Waals surface area (Å²) in [5, 5.41) is 2.89. The van der Waals surface area contributed by atoms with Crippen LogP contribution in [0.3, 0.4) is 0 Å². The number of pyridine rings is 1. The fourth-order valence-electron chi connectivity index (χ4n) is 3.20. The second-order valence-electron chi connectivity index (χ2n) is 5.97. The number of hydrogen-bond acceptors (Lipinski definition) is 3. The van der Waals surface area contributed by atoms with E-state index in [1.165, 1.54) is 19.3 Å². The van der Waals surface area contributed by atoms with Crippen molar-refractivity contribution in [2.75, 3.05) is 16.8 Å². The Balaban J connectivity index is 1.78. The van der Waals surface area contributed by atoms with Gasteiger partial charge in [0.2, 0.25) is 0 Å². The Bertz CT molecular complexity index is 657. The van der Waals surface area contributed by atoms with Gasteiger partial charge < -0.3 is 10.2 Å². The van der Waals surface area contributed by atoms with Crippen molar-refractivity contribution in [1.82, 2.24) is 4.98 Å². The van der Waals surface area contributed by atoms with E-state index in [9.17, 15) is 4.79 Å². The normalized spacial score (nSPS) is 17.8. The number of rotatable bonds is 4. The van der Waals surface area contributed by atoms with Gasteiger partial charge in [-0.2, -0.15) is 0 Å². The van der Waals surface area contributed by atoms with Crippen LogP contribution in [0.25, 0.3) is 0 Å². The number of aromatic nitrogens is 1. The highest BCUT2D eigenvalue weighted by Crippen LogP contribution is 2.26. The van der Waals surface area contributed by atoms with Crippen molar-refractivity contribution in [2.45, 2.75) is 38.6 Å². The molecule has 2 aromatic rings. The van der Waals surface area contributed by atoms with Gasteiger partial charge in [-0.3, -0.25) is 9.78 Å². The van der Waals surface area contributed by atoms with E-state index in [2.05, 4.69) is 22.1 Å². The summed E-state index contributed by atoms with van der Waals surface area (Å²) in [6.45, 7) is 3.29. The van der Waals surface area contributed by atoms with Crippen LogP contribution in [0.2, 0.25) is 0 Å². The lowest BCUT2D eigenvalue weighted by molar-refractivity contribution is 0.102. The summed E-state index contributed by atoms with van der Waals surface area (Å²) in [5.74, 6) is -0.164. The van der Waals surface area contributed by atoms with Crippen molar-refractivity contribution in [3.8, 4) is 0 Å². The monoisotopic (exact) mass is 309 g/mol. The minimum Gasteiger partial charge on any atom is -0.368 e. The zero-order chi connectivity index (χ0) is 16.1. The van der Waals surface area contributed by atoms with E-state index < -0.39 is 0 Å². The van der Waals surface area contributed by atoms with Crippen molar-refractivity contribution in [1.29, 1.82) is 0 Å². The van der Waals surface area contributed by atoms with Crippen LogP contribution in [-0.2, 0) is 0 Å². The molecule has 0 radical (unpaired) electrons. The fourth-order valence-corrected chi connectivity index (χ4v) is 3.20. The number of carbonyl (C=O) groups is 1. The van der Waals surface area contributed by atoms with Crippen LogP contribution in [0, 0.1) is 0 Å². The van der Waals surface area contributed by atoms with E-state index in [-0.39, 0.29) is 5.91 Å². The largest absolute Gasteiger partial charge is 0.368 e. The van der Waals surface area contributed by atoms with E-state index in [1.54, 1.807) is 6.20 Å². The molecule has 120 valence electrons. The molecule has 1 amide bonds. The van der Waals surface area contributed by atoms with Crippen molar-refractivity contribution in [2.24, 2.45) is 0 Å². The molecule has 4 heteroatoms. The highest BCUT2D eigenvalue weighted by atomic mass is 16.1. The predicted molar refractivity (Wildman–Crippen MR) is 93.9 cm³/mol. The van der Waals surface area contributed by atoms with E-state index in [0.29, 0.717) is 11.7 Å². The molecule has 1 atom stereocenters. The zero-order valence-corrected chi connectivity index (χ0v) is 13.5. The van der Waals surface area contributed by atoms with Gasteiger partial charge in [-0.15, -0.1) is 0 Å². The average Bonchev–Trinajstić information content (AvgIpc) is 2.62. The summed E-state index contributed by atoms with van der Waals surface area (Å²) in [6.07, 6.45) is 6.60. The molecule has 3 rings (SSSR count). The topological polar surface area (TPSA) is 45.2 Å². The van der Waals surface area contributed by atoms with Gasteiger partial charge in [0, 0.05) is 30.2 Å². The zero-order valence-electron chi connectivity index (χ0n) is 13.5. The van der Waals surface area contributed by atoms with Crippen LogP contribution in [0.1, 0.15) is 43.1 Å². The van der Waals surface area contributed by atoms with Crippen LogP contribution in [-0.4, -0.2) is 23.5 Å². The number of benzene rings is 1. The number of anilines is 2. The molecule has 1 aromatic heterocycles. The summed E-state index contributed by atoms with van der Waals surface area (Å²) >= 11 is 0. The maximum absolute atomic E-state index is 12.4. The highest BCUT2D eigenvalue weighted by Gasteiger charge is 2.22. The summed E-state index contributed by atoms with van der Waals surface area (Å²) in [6, 6.07) is 14.0. The first-order chi connectivity index (χ1) is 11.3. The molecule has 1 aliphatic heterocycles. The van der Waals surface area contributed by atoms with Gasteiger partial charge in [0.05, 0.1) is 0 Å². The molecule has 1 N–H and O–H groups in total. The van der Waals surface area contributed by atoms with E-state index in [4.69, 9.17) is 0 Å². The molecule has 0 saturated carbocycles. The maximum atomic E-state index is 12.4. The molecule has 0 bridgehead atoms. The second kappa shape index (κ2) is 7.27. The number of para-hydroxylation sites is 1. The molecule has 23 heavy (non-hydrogen) atoms. The molecule has 0 spiro atoms. The predicted octanol–water partition coefficient (Wildman–Crippen LogP) is 4.10. The SMILES string of the molecule is CCC1CCCCN1c1ccnc(C(=O)Nc2ccccc2)c1. The average molecular weight is 309 g/mol. The molecule has 0 aliphatic carbocycles. The first-order valence-corrected chi connectivity index (χ1v) is 8.37. The standard InChI is InChI=1S/C19H23N3O/c1-2-16-10-6-7-13-22(16)17-11-12-20-18(14-17)19(23)21-15-8-4-3-5-9-15/h3-5,8-9,11-12,14,16H,2,6-7,10,13H2,1H3,(H,21,23). The van der Waals surface area contributed by atoms with Gasteiger partial charge in [-0.05, 0) is 49.9 Å². The third kappa shape index (κ3) is 3.70. The van der Waals surface area contributed by atoms with E-state index in [0.717, 1.165) is 24.3 Å². The second-order valence-corrected chi connectivity index (χ2v) is 5.97. The lowest BCUT2D eigenvalue weighted by atomic mass is 9.99. The molecule has 4 nitrogen and oxygen atoms in total.